The Hall–Kier alpha value is -0.760. The normalized spacial score (nSPS) is 10.7. The fourth-order valence-electron chi connectivity index (χ4n) is 1.30. The lowest BCUT2D eigenvalue weighted by atomic mass is 10.1. The lowest BCUT2D eigenvalue weighted by molar-refractivity contribution is 0.112. The summed E-state index contributed by atoms with van der Waals surface area (Å²) >= 11 is 1.78. The van der Waals surface area contributed by atoms with Crippen LogP contribution in [-0.4, -0.2) is 12.0 Å². The minimum Gasteiger partial charge on any atom is -0.298 e. The van der Waals surface area contributed by atoms with Gasteiger partial charge in [0.2, 0.25) is 0 Å². The molecule has 1 nitrogen and oxygen atoms in total. The van der Waals surface area contributed by atoms with Crippen molar-refractivity contribution in [2.45, 2.75) is 32.1 Å². The molecule has 0 saturated heterocycles. The number of hydrogen-bond donors (Lipinski definition) is 0. The van der Waals surface area contributed by atoms with Crippen molar-refractivity contribution in [1.82, 2.24) is 0 Å². The number of aryl methyl sites for hydroxylation is 1. The van der Waals surface area contributed by atoms with Gasteiger partial charge in [0.1, 0.15) is 0 Å². The van der Waals surface area contributed by atoms with Gasteiger partial charge in [0.05, 0.1) is 0 Å². The van der Waals surface area contributed by atoms with Crippen LogP contribution in [0.1, 0.15) is 36.2 Å². The summed E-state index contributed by atoms with van der Waals surface area (Å²) < 4.78 is 0. The molecule has 82 valence electrons. The van der Waals surface area contributed by atoms with Crippen LogP contribution in [-0.2, 0) is 0 Å². The maximum absolute atomic E-state index is 10.9. The molecule has 0 atom stereocenters. The molecular formula is C13H18OS. The van der Waals surface area contributed by atoms with E-state index < -0.39 is 0 Å². The van der Waals surface area contributed by atoms with E-state index in [4.69, 9.17) is 0 Å². The molecule has 1 rings (SSSR count). The smallest absolute Gasteiger partial charge is 0.151 e. The Morgan fingerprint density at radius 3 is 2.73 bits per heavy atom. The van der Waals surface area contributed by atoms with Gasteiger partial charge in [-0.1, -0.05) is 25.5 Å². The second-order valence-corrected chi connectivity index (χ2v) is 5.33. The van der Waals surface area contributed by atoms with Crippen LogP contribution in [0.15, 0.2) is 23.1 Å². The third-order valence-corrected chi connectivity index (χ3v) is 3.37. The molecule has 15 heavy (non-hydrogen) atoms. The summed E-state index contributed by atoms with van der Waals surface area (Å²) in [4.78, 5) is 12.0. The van der Waals surface area contributed by atoms with Crippen LogP contribution in [0.4, 0.5) is 0 Å². The molecular weight excluding hydrogens is 204 g/mol. The Kier molecular flexibility index (Phi) is 4.89. The summed E-state index contributed by atoms with van der Waals surface area (Å²) in [6.07, 6.45) is 2.14. The Bertz CT molecular complexity index is 331. The topological polar surface area (TPSA) is 17.1 Å². The summed E-state index contributed by atoms with van der Waals surface area (Å²) in [5, 5.41) is 0. The molecule has 0 radical (unpaired) electrons. The van der Waals surface area contributed by atoms with E-state index in [9.17, 15) is 4.79 Å². The van der Waals surface area contributed by atoms with E-state index in [2.05, 4.69) is 19.9 Å². The van der Waals surface area contributed by atoms with Crippen molar-refractivity contribution in [3.05, 3.63) is 29.3 Å². The molecule has 0 aromatic heterocycles. The molecule has 0 bridgehead atoms. The molecule has 0 aliphatic rings. The molecule has 2 heteroatoms. The van der Waals surface area contributed by atoms with E-state index in [1.54, 1.807) is 11.8 Å². The Balaban J connectivity index is 2.64. The molecule has 0 N–H and O–H groups in total. The van der Waals surface area contributed by atoms with Gasteiger partial charge in [-0.05, 0) is 37.1 Å². The largest absolute Gasteiger partial charge is 0.298 e. The summed E-state index contributed by atoms with van der Waals surface area (Å²) in [5.41, 5.74) is 1.97. The van der Waals surface area contributed by atoms with Crippen LogP contribution in [0.5, 0.6) is 0 Å². The monoisotopic (exact) mass is 222 g/mol. The molecule has 1 aromatic rings. The summed E-state index contributed by atoms with van der Waals surface area (Å²) in [7, 11) is 0. The van der Waals surface area contributed by atoms with Gasteiger partial charge in [0.15, 0.2) is 6.29 Å². The highest BCUT2D eigenvalue weighted by Gasteiger charge is 2.03. The first kappa shape index (κ1) is 12.3. The fourth-order valence-corrected chi connectivity index (χ4v) is 2.54. The predicted molar refractivity (Wildman–Crippen MR) is 66.7 cm³/mol. The van der Waals surface area contributed by atoms with E-state index in [-0.39, 0.29) is 0 Å². The first-order valence-electron chi connectivity index (χ1n) is 5.32. The zero-order valence-corrected chi connectivity index (χ0v) is 10.4. The molecule has 0 aliphatic heterocycles. The lowest BCUT2D eigenvalue weighted by Gasteiger charge is -2.07. The molecule has 0 heterocycles. The van der Waals surface area contributed by atoms with Gasteiger partial charge in [-0.15, -0.1) is 11.8 Å². The molecule has 1 aromatic carbocycles. The van der Waals surface area contributed by atoms with Crippen molar-refractivity contribution < 1.29 is 4.79 Å². The van der Waals surface area contributed by atoms with E-state index in [0.29, 0.717) is 0 Å². The quantitative estimate of drug-likeness (QED) is 0.554. The number of carbonyl (C=O) groups is 1. The standard InChI is InChI=1S/C13H18OS/c1-10(2)6-7-15-13-5-4-11(3)8-12(13)9-14/h4-5,8-10H,6-7H2,1-3H3. The van der Waals surface area contributed by atoms with Crippen molar-refractivity contribution in [2.75, 3.05) is 5.75 Å². The van der Waals surface area contributed by atoms with Crippen molar-refractivity contribution in [3.8, 4) is 0 Å². The molecule has 0 unspecified atom stereocenters. The average Bonchev–Trinajstić information content (AvgIpc) is 2.19. The fraction of sp³-hybridized carbons (Fsp3) is 0.462. The SMILES string of the molecule is Cc1ccc(SCCC(C)C)c(C=O)c1. The predicted octanol–water partition coefficient (Wildman–Crippen LogP) is 3.95. The lowest BCUT2D eigenvalue weighted by Crippen LogP contribution is -1.92. The number of aldehydes is 1. The third kappa shape index (κ3) is 4.08. The number of hydrogen-bond acceptors (Lipinski definition) is 2. The van der Waals surface area contributed by atoms with Crippen LogP contribution < -0.4 is 0 Å². The minimum atomic E-state index is 0.725. The van der Waals surface area contributed by atoms with Gasteiger partial charge >= 0.3 is 0 Å². The molecule has 0 spiro atoms. The highest BCUT2D eigenvalue weighted by molar-refractivity contribution is 7.99. The summed E-state index contributed by atoms with van der Waals surface area (Å²) in [6.45, 7) is 6.45. The van der Waals surface area contributed by atoms with E-state index >= 15 is 0 Å². The van der Waals surface area contributed by atoms with Crippen LogP contribution in [0, 0.1) is 12.8 Å². The first-order valence-corrected chi connectivity index (χ1v) is 6.30. The maximum Gasteiger partial charge on any atom is 0.151 e. The number of thioether (sulfide) groups is 1. The van der Waals surface area contributed by atoms with E-state index in [1.165, 1.54) is 6.42 Å². The van der Waals surface area contributed by atoms with Gasteiger partial charge < -0.3 is 0 Å². The van der Waals surface area contributed by atoms with Gasteiger partial charge in [-0.3, -0.25) is 4.79 Å². The first-order chi connectivity index (χ1) is 7.13. The van der Waals surface area contributed by atoms with Crippen molar-refractivity contribution in [1.29, 1.82) is 0 Å². The van der Waals surface area contributed by atoms with Crippen LogP contribution in [0.3, 0.4) is 0 Å². The van der Waals surface area contributed by atoms with Crippen LogP contribution in [0.25, 0.3) is 0 Å². The van der Waals surface area contributed by atoms with Crippen LogP contribution in [0.2, 0.25) is 0 Å². The molecule has 0 amide bonds. The van der Waals surface area contributed by atoms with Gasteiger partial charge in [-0.25, -0.2) is 0 Å². The zero-order chi connectivity index (χ0) is 11.3. The van der Waals surface area contributed by atoms with Gasteiger partial charge in [0.25, 0.3) is 0 Å². The highest BCUT2D eigenvalue weighted by Crippen LogP contribution is 2.24. The number of benzene rings is 1. The highest BCUT2D eigenvalue weighted by atomic mass is 32.2. The van der Waals surface area contributed by atoms with Crippen LogP contribution >= 0.6 is 11.8 Å². The van der Waals surface area contributed by atoms with Crippen molar-refractivity contribution in [3.63, 3.8) is 0 Å². The van der Waals surface area contributed by atoms with E-state index in [0.717, 1.165) is 34.0 Å². The summed E-state index contributed by atoms with van der Waals surface area (Å²) in [6, 6.07) is 6.06. The number of carbonyl (C=O) groups excluding carboxylic acids is 1. The maximum atomic E-state index is 10.9. The second-order valence-electron chi connectivity index (χ2n) is 4.19. The van der Waals surface area contributed by atoms with E-state index in [1.807, 2.05) is 19.1 Å². The molecule has 0 saturated carbocycles. The molecule has 0 fully saturated rings. The zero-order valence-electron chi connectivity index (χ0n) is 9.62. The van der Waals surface area contributed by atoms with Crippen molar-refractivity contribution in [2.24, 2.45) is 5.92 Å². The van der Waals surface area contributed by atoms with Gasteiger partial charge in [0, 0.05) is 10.5 Å². The Labute approximate surface area is 96.3 Å². The summed E-state index contributed by atoms with van der Waals surface area (Å²) in [5.74, 6) is 1.81. The third-order valence-electron chi connectivity index (χ3n) is 2.25. The van der Waals surface area contributed by atoms with Crippen molar-refractivity contribution >= 4 is 18.0 Å². The van der Waals surface area contributed by atoms with Gasteiger partial charge in [-0.2, -0.15) is 0 Å². The average molecular weight is 222 g/mol. The minimum absolute atomic E-state index is 0.725. The Morgan fingerprint density at radius 2 is 2.13 bits per heavy atom. The molecule has 0 aliphatic carbocycles. The second kappa shape index (κ2) is 5.96. The number of rotatable bonds is 5. The Morgan fingerprint density at radius 1 is 1.40 bits per heavy atom.